The maximum absolute atomic E-state index is 13.1. The minimum atomic E-state index is -4.49. The van der Waals surface area contributed by atoms with Gasteiger partial charge in [0, 0.05) is 17.3 Å². The van der Waals surface area contributed by atoms with Crippen LogP contribution in [-0.4, -0.2) is 16.2 Å². The second kappa shape index (κ2) is 7.33. The highest BCUT2D eigenvalue weighted by atomic mass is 19.4. The van der Waals surface area contributed by atoms with Gasteiger partial charge in [0.25, 0.3) is 0 Å². The van der Waals surface area contributed by atoms with Crippen molar-refractivity contribution in [3.05, 3.63) is 77.1 Å². The highest BCUT2D eigenvalue weighted by Crippen LogP contribution is 2.37. The molecule has 3 N–H and O–H groups in total. The minimum absolute atomic E-state index is 0.0513. The highest BCUT2D eigenvalue weighted by Gasteiger charge is 2.37. The molecular formula is C20H20F3N3. The van der Waals surface area contributed by atoms with Crippen LogP contribution in [0.4, 0.5) is 13.2 Å². The van der Waals surface area contributed by atoms with E-state index in [1.54, 1.807) is 19.1 Å². The molecule has 0 aliphatic rings. The topological polar surface area (TPSA) is 54.7 Å². The number of aromatic nitrogens is 2. The van der Waals surface area contributed by atoms with Crippen molar-refractivity contribution in [2.24, 2.45) is 5.73 Å². The van der Waals surface area contributed by atoms with Crippen molar-refractivity contribution in [1.29, 1.82) is 0 Å². The van der Waals surface area contributed by atoms with Gasteiger partial charge < -0.3 is 5.73 Å². The zero-order valence-electron chi connectivity index (χ0n) is 14.3. The van der Waals surface area contributed by atoms with Crippen molar-refractivity contribution in [3.63, 3.8) is 0 Å². The standard InChI is InChI=1S/C20H20F3N3/c1-13-18(19(26-25-13)20(21,22)23)16-9-7-15(8-10-16)12-17(24)11-14-5-3-2-4-6-14/h2-10,17H,11-12,24H2,1H3,(H,25,26). The van der Waals surface area contributed by atoms with E-state index in [1.165, 1.54) is 5.56 Å². The van der Waals surface area contributed by atoms with Gasteiger partial charge in [0.15, 0.2) is 5.69 Å². The number of hydrogen-bond donors (Lipinski definition) is 2. The Labute approximate surface area is 150 Å². The molecule has 6 heteroatoms. The average Bonchev–Trinajstić information content (AvgIpc) is 2.98. The number of nitrogens with two attached hydrogens (primary N) is 1. The van der Waals surface area contributed by atoms with Crippen LogP contribution in [0.2, 0.25) is 0 Å². The molecule has 0 spiro atoms. The third-order valence-electron chi connectivity index (χ3n) is 4.30. The lowest BCUT2D eigenvalue weighted by Gasteiger charge is -2.13. The van der Waals surface area contributed by atoms with E-state index in [9.17, 15) is 13.2 Å². The summed E-state index contributed by atoms with van der Waals surface area (Å²) < 4.78 is 39.3. The molecule has 26 heavy (non-hydrogen) atoms. The van der Waals surface area contributed by atoms with E-state index in [1.807, 2.05) is 42.5 Å². The summed E-state index contributed by atoms with van der Waals surface area (Å²) in [7, 11) is 0. The number of aromatic amines is 1. The minimum Gasteiger partial charge on any atom is -0.327 e. The number of nitrogens with one attached hydrogen (secondary N) is 1. The van der Waals surface area contributed by atoms with E-state index in [0.29, 0.717) is 17.7 Å². The first-order valence-electron chi connectivity index (χ1n) is 8.35. The molecule has 1 heterocycles. The number of rotatable bonds is 5. The Balaban J connectivity index is 1.74. The second-order valence-corrected chi connectivity index (χ2v) is 6.42. The Kier molecular flexibility index (Phi) is 5.13. The lowest BCUT2D eigenvalue weighted by Crippen LogP contribution is -2.25. The van der Waals surface area contributed by atoms with Gasteiger partial charge in [-0.15, -0.1) is 0 Å². The van der Waals surface area contributed by atoms with E-state index in [-0.39, 0.29) is 11.6 Å². The van der Waals surface area contributed by atoms with Crippen LogP contribution in [0.25, 0.3) is 11.1 Å². The van der Waals surface area contributed by atoms with Crippen LogP contribution in [0.3, 0.4) is 0 Å². The molecule has 0 bridgehead atoms. The fourth-order valence-electron chi connectivity index (χ4n) is 3.09. The number of nitrogens with zero attached hydrogens (tertiary/aromatic N) is 1. The highest BCUT2D eigenvalue weighted by molar-refractivity contribution is 5.69. The number of hydrogen-bond acceptors (Lipinski definition) is 2. The summed E-state index contributed by atoms with van der Waals surface area (Å²) in [5.74, 6) is 0. The third-order valence-corrected chi connectivity index (χ3v) is 4.30. The predicted octanol–water partition coefficient (Wildman–Crippen LogP) is 4.52. The van der Waals surface area contributed by atoms with Gasteiger partial charge in [0.05, 0.1) is 0 Å². The van der Waals surface area contributed by atoms with Crippen LogP contribution in [0.1, 0.15) is 22.5 Å². The van der Waals surface area contributed by atoms with Crippen molar-refractivity contribution in [3.8, 4) is 11.1 Å². The Hall–Kier alpha value is -2.60. The Bertz CT molecular complexity index is 852. The molecule has 3 nitrogen and oxygen atoms in total. The summed E-state index contributed by atoms with van der Waals surface area (Å²) in [6, 6.07) is 17.0. The van der Waals surface area contributed by atoms with Gasteiger partial charge in [-0.1, -0.05) is 54.6 Å². The van der Waals surface area contributed by atoms with Gasteiger partial charge in [0.1, 0.15) is 0 Å². The quantitative estimate of drug-likeness (QED) is 0.704. The number of alkyl halides is 3. The van der Waals surface area contributed by atoms with E-state index < -0.39 is 11.9 Å². The summed E-state index contributed by atoms with van der Waals surface area (Å²) in [6.07, 6.45) is -3.08. The van der Waals surface area contributed by atoms with Gasteiger partial charge in [0.2, 0.25) is 0 Å². The molecule has 1 unspecified atom stereocenters. The van der Waals surface area contributed by atoms with Crippen LogP contribution in [0, 0.1) is 6.92 Å². The molecule has 3 aromatic rings. The summed E-state index contributed by atoms with van der Waals surface area (Å²) in [6.45, 7) is 1.58. The summed E-state index contributed by atoms with van der Waals surface area (Å²) in [4.78, 5) is 0. The SMILES string of the molecule is Cc1[nH]nc(C(F)(F)F)c1-c1ccc(CC(N)Cc2ccccc2)cc1. The lowest BCUT2D eigenvalue weighted by atomic mass is 9.97. The Morgan fingerprint density at radius 2 is 1.54 bits per heavy atom. The molecule has 1 atom stereocenters. The number of H-pyrrole nitrogens is 1. The van der Waals surface area contributed by atoms with E-state index >= 15 is 0 Å². The van der Waals surface area contributed by atoms with Crippen LogP contribution in [-0.2, 0) is 19.0 Å². The molecule has 2 aromatic carbocycles. The van der Waals surface area contributed by atoms with Crippen molar-refractivity contribution >= 4 is 0 Å². The monoisotopic (exact) mass is 359 g/mol. The van der Waals surface area contributed by atoms with Crippen molar-refractivity contribution < 1.29 is 13.2 Å². The van der Waals surface area contributed by atoms with E-state index in [0.717, 1.165) is 12.0 Å². The molecule has 1 aromatic heterocycles. The van der Waals surface area contributed by atoms with Crippen molar-refractivity contribution in [2.75, 3.05) is 0 Å². The molecular weight excluding hydrogens is 339 g/mol. The van der Waals surface area contributed by atoms with Gasteiger partial charge in [-0.05, 0) is 36.5 Å². The van der Waals surface area contributed by atoms with Crippen LogP contribution >= 0.6 is 0 Å². The van der Waals surface area contributed by atoms with Gasteiger partial charge in [-0.3, -0.25) is 5.10 Å². The lowest BCUT2D eigenvalue weighted by molar-refractivity contribution is -0.140. The molecule has 0 saturated heterocycles. The molecule has 3 rings (SSSR count). The second-order valence-electron chi connectivity index (χ2n) is 6.42. The number of benzene rings is 2. The van der Waals surface area contributed by atoms with Crippen molar-refractivity contribution in [1.82, 2.24) is 10.2 Å². The maximum atomic E-state index is 13.1. The first-order chi connectivity index (χ1) is 12.3. The molecule has 0 saturated carbocycles. The fraction of sp³-hybridized carbons (Fsp3) is 0.250. The molecule has 136 valence electrons. The molecule has 0 aliphatic heterocycles. The number of aryl methyl sites for hydroxylation is 1. The maximum Gasteiger partial charge on any atom is 0.435 e. The first-order valence-corrected chi connectivity index (χ1v) is 8.35. The van der Waals surface area contributed by atoms with Gasteiger partial charge in [-0.2, -0.15) is 18.3 Å². The summed E-state index contributed by atoms with van der Waals surface area (Å²) >= 11 is 0. The molecule has 0 amide bonds. The summed E-state index contributed by atoms with van der Waals surface area (Å²) in [5, 5.41) is 5.84. The molecule has 0 radical (unpaired) electrons. The number of halogens is 3. The normalized spacial score (nSPS) is 13.0. The molecule has 0 fully saturated rings. The van der Waals surface area contributed by atoms with E-state index in [4.69, 9.17) is 5.73 Å². The Morgan fingerprint density at radius 3 is 2.12 bits per heavy atom. The zero-order valence-corrected chi connectivity index (χ0v) is 14.3. The van der Waals surface area contributed by atoms with Crippen LogP contribution in [0.5, 0.6) is 0 Å². The zero-order chi connectivity index (χ0) is 18.7. The predicted molar refractivity (Wildman–Crippen MR) is 95.6 cm³/mol. The van der Waals surface area contributed by atoms with Gasteiger partial charge >= 0.3 is 6.18 Å². The van der Waals surface area contributed by atoms with Gasteiger partial charge in [-0.25, -0.2) is 0 Å². The first kappa shape index (κ1) is 18.2. The van der Waals surface area contributed by atoms with E-state index in [2.05, 4.69) is 10.2 Å². The average molecular weight is 359 g/mol. The third kappa shape index (κ3) is 4.14. The smallest absolute Gasteiger partial charge is 0.327 e. The fourth-order valence-corrected chi connectivity index (χ4v) is 3.09. The van der Waals surface area contributed by atoms with Crippen LogP contribution in [0.15, 0.2) is 54.6 Å². The van der Waals surface area contributed by atoms with Crippen molar-refractivity contribution in [2.45, 2.75) is 32.0 Å². The summed E-state index contributed by atoms with van der Waals surface area (Å²) in [5.41, 5.74) is 8.47. The largest absolute Gasteiger partial charge is 0.435 e. The molecule has 0 aliphatic carbocycles. The van der Waals surface area contributed by atoms with Crippen LogP contribution < -0.4 is 5.73 Å². The Morgan fingerprint density at radius 1 is 0.962 bits per heavy atom.